The molecule has 0 fully saturated rings. The van der Waals surface area contributed by atoms with E-state index in [0.717, 1.165) is 5.56 Å². The number of rotatable bonds is 6. The van der Waals surface area contributed by atoms with Gasteiger partial charge >= 0.3 is 5.97 Å². The van der Waals surface area contributed by atoms with Gasteiger partial charge in [0, 0.05) is 5.56 Å². The molecule has 22 heavy (non-hydrogen) atoms. The second-order valence-electron chi connectivity index (χ2n) is 5.40. The molecule has 6 heteroatoms. The largest absolute Gasteiger partial charge is 0.480 e. The van der Waals surface area contributed by atoms with Crippen LogP contribution in [0.5, 0.6) is 0 Å². The van der Waals surface area contributed by atoms with Crippen LogP contribution in [0.25, 0.3) is 11.5 Å². The molecule has 0 aliphatic heterocycles. The molecule has 0 spiro atoms. The molecule has 0 unspecified atom stereocenters. The van der Waals surface area contributed by atoms with Crippen molar-refractivity contribution in [3.8, 4) is 11.5 Å². The smallest absolute Gasteiger partial charge is 0.326 e. The minimum Gasteiger partial charge on any atom is -0.480 e. The minimum atomic E-state index is -1.06. The highest BCUT2D eigenvalue weighted by Gasteiger charge is 2.23. The highest BCUT2D eigenvalue weighted by atomic mass is 16.4. The van der Waals surface area contributed by atoms with Crippen molar-refractivity contribution in [2.75, 3.05) is 0 Å². The summed E-state index contributed by atoms with van der Waals surface area (Å²) in [6, 6.07) is 8.22. The van der Waals surface area contributed by atoms with Crippen molar-refractivity contribution in [2.45, 2.75) is 26.3 Å². The summed E-state index contributed by atoms with van der Waals surface area (Å²) in [5.74, 6) is -1.15. The van der Waals surface area contributed by atoms with Crippen molar-refractivity contribution in [1.29, 1.82) is 0 Å². The van der Waals surface area contributed by atoms with E-state index < -0.39 is 17.9 Å². The Labute approximate surface area is 128 Å². The Morgan fingerprint density at radius 3 is 2.55 bits per heavy atom. The Balaban J connectivity index is 2.10. The third kappa shape index (κ3) is 3.94. The van der Waals surface area contributed by atoms with Gasteiger partial charge < -0.3 is 14.8 Å². The number of carbonyl (C=O) groups is 2. The molecule has 2 N–H and O–H groups in total. The number of benzene rings is 1. The van der Waals surface area contributed by atoms with Crippen LogP contribution in [0.2, 0.25) is 0 Å². The Bertz CT molecular complexity index is 649. The highest BCUT2D eigenvalue weighted by Crippen LogP contribution is 2.18. The summed E-state index contributed by atoms with van der Waals surface area (Å²) >= 11 is 0. The lowest BCUT2D eigenvalue weighted by atomic mass is 10.0. The first kappa shape index (κ1) is 15.8. The first-order chi connectivity index (χ1) is 10.5. The van der Waals surface area contributed by atoms with Gasteiger partial charge in [-0.1, -0.05) is 32.0 Å². The summed E-state index contributed by atoms with van der Waals surface area (Å²) in [5, 5.41) is 11.6. The first-order valence-corrected chi connectivity index (χ1v) is 7.02. The van der Waals surface area contributed by atoms with E-state index in [0.29, 0.717) is 12.3 Å². The fourth-order valence-electron chi connectivity index (χ4n) is 2.02. The van der Waals surface area contributed by atoms with Crippen molar-refractivity contribution in [3.05, 3.63) is 42.3 Å². The number of amides is 1. The Morgan fingerprint density at radius 1 is 1.27 bits per heavy atom. The van der Waals surface area contributed by atoms with Crippen molar-refractivity contribution in [2.24, 2.45) is 5.92 Å². The number of nitrogens with zero attached hydrogens (tertiary/aromatic N) is 1. The van der Waals surface area contributed by atoms with Gasteiger partial charge in [-0.15, -0.1) is 0 Å². The molecule has 1 aromatic heterocycles. The van der Waals surface area contributed by atoms with Gasteiger partial charge in [0.1, 0.15) is 12.3 Å². The van der Waals surface area contributed by atoms with E-state index in [-0.39, 0.29) is 11.6 Å². The van der Waals surface area contributed by atoms with Crippen molar-refractivity contribution >= 4 is 11.9 Å². The molecule has 2 aromatic rings. The summed E-state index contributed by atoms with van der Waals surface area (Å²) in [6.07, 6.45) is 1.58. The maximum atomic E-state index is 12.1. The van der Waals surface area contributed by atoms with E-state index in [2.05, 4.69) is 10.3 Å². The van der Waals surface area contributed by atoms with Gasteiger partial charge in [0.15, 0.2) is 5.69 Å². The van der Waals surface area contributed by atoms with E-state index in [4.69, 9.17) is 9.52 Å². The van der Waals surface area contributed by atoms with Crippen LogP contribution in [-0.4, -0.2) is 28.0 Å². The van der Waals surface area contributed by atoms with E-state index in [1.807, 2.05) is 44.2 Å². The van der Waals surface area contributed by atoms with Gasteiger partial charge in [-0.3, -0.25) is 4.79 Å². The van der Waals surface area contributed by atoms with Crippen LogP contribution in [0.3, 0.4) is 0 Å². The first-order valence-electron chi connectivity index (χ1n) is 7.02. The average Bonchev–Trinajstić information content (AvgIpc) is 2.96. The van der Waals surface area contributed by atoms with Gasteiger partial charge in [0.05, 0.1) is 0 Å². The number of oxazole rings is 1. The fraction of sp³-hybridized carbons (Fsp3) is 0.312. The van der Waals surface area contributed by atoms with Gasteiger partial charge in [-0.05, 0) is 24.5 Å². The van der Waals surface area contributed by atoms with E-state index in [1.165, 1.54) is 6.26 Å². The number of nitrogens with one attached hydrogen (secondary N) is 1. The second-order valence-corrected chi connectivity index (χ2v) is 5.40. The molecule has 1 aromatic carbocycles. The van der Waals surface area contributed by atoms with E-state index in [9.17, 15) is 9.59 Å². The van der Waals surface area contributed by atoms with Crippen LogP contribution >= 0.6 is 0 Å². The van der Waals surface area contributed by atoms with Crippen LogP contribution in [0.1, 0.15) is 30.8 Å². The maximum Gasteiger partial charge on any atom is 0.326 e. The predicted octanol–water partition coefficient (Wildman–Crippen LogP) is 2.57. The van der Waals surface area contributed by atoms with Crippen LogP contribution in [0, 0.1) is 5.92 Å². The fourth-order valence-corrected chi connectivity index (χ4v) is 2.02. The zero-order valence-electron chi connectivity index (χ0n) is 12.4. The molecular weight excluding hydrogens is 284 g/mol. The number of carbonyl (C=O) groups excluding carboxylic acids is 1. The summed E-state index contributed by atoms with van der Waals surface area (Å²) < 4.78 is 5.28. The zero-order valence-corrected chi connectivity index (χ0v) is 12.4. The summed E-state index contributed by atoms with van der Waals surface area (Å²) in [4.78, 5) is 27.4. The average molecular weight is 302 g/mol. The molecule has 2 rings (SSSR count). The highest BCUT2D eigenvalue weighted by molar-refractivity contribution is 5.95. The zero-order chi connectivity index (χ0) is 16.1. The number of carboxylic acid groups (broad SMARTS) is 1. The molecule has 0 aliphatic carbocycles. The molecule has 116 valence electrons. The topological polar surface area (TPSA) is 92.4 Å². The molecule has 0 radical (unpaired) electrons. The molecule has 1 heterocycles. The van der Waals surface area contributed by atoms with E-state index in [1.54, 1.807) is 0 Å². The predicted molar refractivity (Wildman–Crippen MR) is 80.3 cm³/mol. The summed E-state index contributed by atoms with van der Waals surface area (Å²) in [5.41, 5.74) is 0.812. The van der Waals surface area contributed by atoms with Crippen LogP contribution in [-0.2, 0) is 4.79 Å². The number of aliphatic carboxylic acids is 1. The van der Waals surface area contributed by atoms with Gasteiger partial charge in [-0.25, -0.2) is 9.78 Å². The van der Waals surface area contributed by atoms with Crippen LogP contribution in [0.4, 0.5) is 0 Å². The van der Waals surface area contributed by atoms with Crippen LogP contribution < -0.4 is 5.32 Å². The lowest BCUT2D eigenvalue weighted by Crippen LogP contribution is -2.41. The Kier molecular flexibility index (Phi) is 4.93. The maximum absolute atomic E-state index is 12.1. The number of hydrogen-bond acceptors (Lipinski definition) is 4. The van der Waals surface area contributed by atoms with Crippen LogP contribution in [0.15, 0.2) is 41.0 Å². The molecular formula is C16H18N2O4. The Morgan fingerprint density at radius 2 is 1.95 bits per heavy atom. The molecule has 0 saturated carbocycles. The standard InChI is InChI=1S/C16H18N2O4/c1-10(2)8-12(16(20)21)17-14(19)13-9-22-15(18-13)11-6-4-3-5-7-11/h3-7,9-10,12H,8H2,1-2H3,(H,17,19)(H,20,21)/t12-/m0/s1. The van der Waals surface area contributed by atoms with Crippen molar-refractivity contribution < 1.29 is 19.1 Å². The molecule has 0 bridgehead atoms. The SMILES string of the molecule is CC(C)C[C@H](NC(=O)c1coc(-c2ccccc2)n1)C(=O)O. The number of hydrogen-bond donors (Lipinski definition) is 2. The van der Waals surface area contributed by atoms with Crippen molar-refractivity contribution in [1.82, 2.24) is 10.3 Å². The third-order valence-corrected chi connectivity index (χ3v) is 3.07. The number of carboxylic acids is 1. The Hall–Kier alpha value is -2.63. The van der Waals surface area contributed by atoms with Gasteiger partial charge in [0.25, 0.3) is 5.91 Å². The lowest BCUT2D eigenvalue weighted by molar-refractivity contribution is -0.139. The molecule has 1 amide bonds. The van der Waals surface area contributed by atoms with Crippen molar-refractivity contribution in [3.63, 3.8) is 0 Å². The monoisotopic (exact) mass is 302 g/mol. The quantitative estimate of drug-likeness (QED) is 0.855. The third-order valence-electron chi connectivity index (χ3n) is 3.07. The molecule has 0 saturated heterocycles. The van der Waals surface area contributed by atoms with E-state index >= 15 is 0 Å². The summed E-state index contributed by atoms with van der Waals surface area (Å²) in [6.45, 7) is 3.79. The molecule has 0 aliphatic rings. The van der Waals surface area contributed by atoms with Gasteiger partial charge in [-0.2, -0.15) is 0 Å². The minimum absolute atomic E-state index is 0.0638. The van der Waals surface area contributed by atoms with Gasteiger partial charge in [0.2, 0.25) is 5.89 Å². The lowest BCUT2D eigenvalue weighted by Gasteiger charge is -2.15. The molecule has 1 atom stereocenters. The second kappa shape index (κ2) is 6.89. The normalized spacial score (nSPS) is 12.1. The molecule has 6 nitrogen and oxygen atoms in total. The summed E-state index contributed by atoms with van der Waals surface area (Å²) in [7, 11) is 0. The number of aromatic nitrogens is 1.